The SMILES string of the molecule is O=C(C1CN(Cc2ccc(Cl)cc2)C1)N1CCN(Cc2ccccc2)CCCNc2ccc(Br)cc2C1. The van der Waals surface area contributed by atoms with E-state index in [2.05, 4.69) is 96.6 Å². The Bertz CT molecular complexity index is 1180. The number of hydrogen-bond donors (Lipinski definition) is 1. The fourth-order valence-corrected chi connectivity index (χ4v) is 5.73. The van der Waals surface area contributed by atoms with Crippen LogP contribution in [0.1, 0.15) is 23.1 Å². The van der Waals surface area contributed by atoms with E-state index in [1.165, 1.54) is 11.1 Å². The molecular weight excluding hydrogens is 548 g/mol. The van der Waals surface area contributed by atoms with Gasteiger partial charge in [0.25, 0.3) is 0 Å². The van der Waals surface area contributed by atoms with Crippen LogP contribution >= 0.6 is 27.5 Å². The molecule has 0 radical (unpaired) electrons. The van der Waals surface area contributed by atoms with Crippen molar-refractivity contribution < 1.29 is 4.79 Å². The lowest BCUT2D eigenvalue weighted by molar-refractivity contribution is -0.142. The van der Waals surface area contributed by atoms with Gasteiger partial charge in [0.2, 0.25) is 5.91 Å². The van der Waals surface area contributed by atoms with Crippen molar-refractivity contribution in [3.63, 3.8) is 0 Å². The maximum atomic E-state index is 13.8. The third-order valence-corrected chi connectivity index (χ3v) is 8.01. The van der Waals surface area contributed by atoms with Gasteiger partial charge in [-0.05, 0) is 53.4 Å². The molecule has 1 fully saturated rings. The molecule has 0 saturated carbocycles. The Morgan fingerprint density at radius 3 is 2.41 bits per heavy atom. The van der Waals surface area contributed by atoms with Crippen LogP contribution in [0, 0.1) is 5.92 Å². The van der Waals surface area contributed by atoms with Crippen LogP contribution < -0.4 is 5.32 Å². The summed E-state index contributed by atoms with van der Waals surface area (Å²) < 4.78 is 1.04. The molecule has 0 bridgehead atoms. The third kappa shape index (κ3) is 7.14. The summed E-state index contributed by atoms with van der Waals surface area (Å²) in [4.78, 5) is 20.7. The molecule has 3 aromatic carbocycles. The monoisotopic (exact) mass is 580 g/mol. The number of anilines is 1. The van der Waals surface area contributed by atoms with Crippen LogP contribution in [0.2, 0.25) is 5.02 Å². The minimum Gasteiger partial charge on any atom is -0.385 e. The molecule has 3 aromatic rings. The summed E-state index contributed by atoms with van der Waals surface area (Å²) in [6, 6.07) is 24.9. The van der Waals surface area contributed by atoms with Gasteiger partial charge in [-0.15, -0.1) is 0 Å². The van der Waals surface area contributed by atoms with Crippen molar-refractivity contribution >= 4 is 39.1 Å². The molecule has 0 unspecified atom stereocenters. The molecule has 194 valence electrons. The van der Waals surface area contributed by atoms with Crippen LogP contribution in [0.15, 0.2) is 77.3 Å². The molecule has 2 aliphatic rings. The minimum atomic E-state index is 0.0450. The van der Waals surface area contributed by atoms with E-state index in [4.69, 9.17) is 11.6 Å². The van der Waals surface area contributed by atoms with E-state index in [-0.39, 0.29) is 11.8 Å². The number of nitrogens with one attached hydrogen (secondary N) is 1. The maximum Gasteiger partial charge on any atom is 0.228 e. The highest BCUT2D eigenvalue weighted by Gasteiger charge is 2.35. The molecule has 0 atom stereocenters. The van der Waals surface area contributed by atoms with Gasteiger partial charge in [-0.25, -0.2) is 0 Å². The predicted octanol–water partition coefficient (Wildman–Crippen LogP) is 5.88. The van der Waals surface area contributed by atoms with Crippen LogP contribution in [-0.4, -0.2) is 59.9 Å². The summed E-state index contributed by atoms with van der Waals surface area (Å²) in [5.41, 5.74) is 4.83. The van der Waals surface area contributed by atoms with E-state index < -0.39 is 0 Å². The van der Waals surface area contributed by atoms with E-state index in [9.17, 15) is 4.79 Å². The van der Waals surface area contributed by atoms with Crippen molar-refractivity contribution in [2.24, 2.45) is 5.92 Å². The first-order valence-electron chi connectivity index (χ1n) is 13.1. The smallest absolute Gasteiger partial charge is 0.228 e. The van der Waals surface area contributed by atoms with E-state index >= 15 is 0 Å². The molecule has 0 aliphatic carbocycles. The van der Waals surface area contributed by atoms with Gasteiger partial charge in [-0.1, -0.05) is 70.0 Å². The number of hydrogen-bond acceptors (Lipinski definition) is 4. The summed E-state index contributed by atoms with van der Waals surface area (Å²) in [5.74, 6) is 0.306. The fraction of sp³-hybridized carbons (Fsp3) is 0.367. The second-order valence-electron chi connectivity index (χ2n) is 10.1. The van der Waals surface area contributed by atoms with E-state index in [1.54, 1.807) is 0 Å². The number of benzene rings is 3. The molecule has 1 N–H and O–H groups in total. The topological polar surface area (TPSA) is 38.8 Å². The van der Waals surface area contributed by atoms with Crippen molar-refractivity contribution in [3.8, 4) is 0 Å². The summed E-state index contributed by atoms with van der Waals surface area (Å²) in [6.07, 6.45) is 1.05. The van der Waals surface area contributed by atoms with Crippen LogP contribution in [0.4, 0.5) is 5.69 Å². The minimum absolute atomic E-state index is 0.0450. The van der Waals surface area contributed by atoms with Gasteiger partial charge in [0.05, 0.1) is 5.92 Å². The molecule has 1 amide bonds. The van der Waals surface area contributed by atoms with Crippen molar-refractivity contribution in [1.82, 2.24) is 14.7 Å². The standard InChI is InChI=1S/C30H34BrClN4O/c31-27-9-12-29-25(17-27)22-36(16-15-34(14-4-13-33-29)18-23-5-2-1-3-6-23)30(37)26-20-35(21-26)19-24-7-10-28(32)11-8-24/h1-3,5-12,17,26,33H,4,13-16,18-22H2. The lowest BCUT2D eigenvalue weighted by Crippen LogP contribution is -2.54. The number of carbonyl (C=O) groups is 1. The molecular formula is C30H34BrClN4O. The van der Waals surface area contributed by atoms with Gasteiger partial charge in [-0.2, -0.15) is 0 Å². The van der Waals surface area contributed by atoms with Gasteiger partial charge in [0.15, 0.2) is 0 Å². The molecule has 1 saturated heterocycles. The first-order valence-corrected chi connectivity index (χ1v) is 14.2. The quantitative estimate of drug-likeness (QED) is 0.408. The highest BCUT2D eigenvalue weighted by molar-refractivity contribution is 9.10. The van der Waals surface area contributed by atoms with Crippen molar-refractivity contribution in [2.45, 2.75) is 26.1 Å². The number of nitrogens with zero attached hydrogens (tertiary/aromatic N) is 3. The Morgan fingerprint density at radius 1 is 0.892 bits per heavy atom. The Morgan fingerprint density at radius 2 is 1.62 bits per heavy atom. The average Bonchev–Trinajstić information content (AvgIpc) is 2.91. The van der Waals surface area contributed by atoms with Crippen LogP contribution in [0.25, 0.3) is 0 Å². The van der Waals surface area contributed by atoms with Gasteiger partial charge in [-0.3, -0.25) is 14.6 Å². The van der Waals surface area contributed by atoms with Crippen molar-refractivity contribution in [3.05, 3.63) is 99.0 Å². The molecule has 7 heteroatoms. The molecule has 5 rings (SSSR count). The van der Waals surface area contributed by atoms with E-state index in [0.29, 0.717) is 6.54 Å². The summed E-state index contributed by atoms with van der Waals surface area (Å²) in [6.45, 7) is 7.48. The number of halogens is 2. The number of fused-ring (bicyclic) bond motifs is 1. The first kappa shape index (κ1) is 26.2. The van der Waals surface area contributed by atoms with Crippen LogP contribution in [0.3, 0.4) is 0 Å². The second kappa shape index (κ2) is 12.4. The average molecular weight is 582 g/mol. The Labute approximate surface area is 233 Å². The largest absolute Gasteiger partial charge is 0.385 e. The molecule has 0 spiro atoms. The molecule has 0 aromatic heterocycles. The Kier molecular flexibility index (Phi) is 8.82. The number of likely N-dealkylation sites (tertiary alicyclic amines) is 1. The molecule has 2 heterocycles. The van der Waals surface area contributed by atoms with Gasteiger partial charge in [0, 0.05) is 74.1 Å². The zero-order valence-corrected chi connectivity index (χ0v) is 23.4. The zero-order chi connectivity index (χ0) is 25.6. The number of rotatable bonds is 5. The Balaban J connectivity index is 1.28. The summed E-state index contributed by atoms with van der Waals surface area (Å²) in [5, 5.41) is 4.38. The zero-order valence-electron chi connectivity index (χ0n) is 21.1. The third-order valence-electron chi connectivity index (χ3n) is 7.27. The second-order valence-corrected chi connectivity index (χ2v) is 11.5. The molecule has 37 heavy (non-hydrogen) atoms. The first-order chi connectivity index (χ1) is 18.0. The van der Waals surface area contributed by atoms with Crippen LogP contribution in [-0.2, 0) is 24.4 Å². The van der Waals surface area contributed by atoms with E-state index in [0.717, 1.165) is 79.5 Å². The normalized spacial score (nSPS) is 17.8. The van der Waals surface area contributed by atoms with Gasteiger partial charge < -0.3 is 10.2 Å². The highest BCUT2D eigenvalue weighted by atomic mass is 79.9. The molecule has 2 aliphatic heterocycles. The van der Waals surface area contributed by atoms with E-state index in [1.807, 2.05) is 12.1 Å². The maximum absolute atomic E-state index is 13.8. The van der Waals surface area contributed by atoms with Gasteiger partial charge >= 0.3 is 0 Å². The predicted molar refractivity (Wildman–Crippen MR) is 155 cm³/mol. The van der Waals surface area contributed by atoms with Crippen molar-refractivity contribution in [1.29, 1.82) is 0 Å². The number of carbonyl (C=O) groups excluding carboxylic acids is 1. The van der Waals surface area contributed by atoms with Gasteiger partial charge in [0.1, 0.15) is 0 Å². The van der Waals surface area contributed by atoms with Crippen molar-refractivity contribution in [2.75, 3.05) is 44.6 Å². The van der Waals surface area contributed by atoms with Crippen LogP contribution in [0.5, 0.6) is 0 Å². The fourth-order valence-electron chi connectivity index (χ4n) is 5.20. The highest BCUT2D eigenvalue weighted by Crippen LogP contribution is 2.26. The Hall–Kier alpha value is -2.38. The number of amides is 1. The summed E-state index contributed by atoms with van der Waals surface area (Å²) in [7, 11) is 0. The lowest BCUT2D eigenvalue weighted by Gasteiger charge is -2.41. The molecule has 5 nitrogen and oxygen atoms in total. The lowest BCUT2D eigenvalue weighted by atomic mass is 9.97. The summed E-state index contributed by atoms with van der Waals surface area (Å²) >= 11 is 9.66.